The van der Waals surface area contributed by atoms with Crippen molar-refractivity contribution in [2.75, 3.05) is 13.9 Å². The van der Waals surface area contributed by atoms with Crippen LogP contribution in [0.25, 0.3) is 5.69 Å². The minimum atomic E-state index is 0.227. The van der Waals surface area contributed by atoms with Crippen LogP contribution in [-0.4, -0.2) is 18.5 Å². The van der Waals surface area contributed by atoms with Gasteiger partial charge in [0.25, 0.3) is 0 Å². The quantitative estimate of drug-likeness (QED) is 0.782. The molecular weight excluding hydrogens is 316 g/mol. The number of nitrogens with zero attached hydrogens (tertiary/aromatic N) is 1. The summed E-state index contributed by atoms with van der Waals surface area (Å²) in [6.45, 7) is 1.18. The largest absolute Gasteiger partial charge is 0.497 e. The number of methoxy groups -OCH3 is 1. The monoisotopic (exact) mass is 335 g/mol. The molecule has 0 saturated heterocycles. The maximum Gasteiger partial charge on any atom is 0.231 e. The number of hydrogen-bond donors (Lipinski definition) is 1. The molecule has 2 aliphatic heterocycles. The number of nitrogens with two attached hydrogens (primary N) is 1. The first kappa shape index (κ1) is 14.4. The van der Waals surface area contributed by atoms with Crippen molar-refractivity contribution in [1.82, 2.24) is 4.57 Å². The van der Waals surface area contributed by atoms with Crippen LogP contribution < -0.4 is 19.5 Å². The minimum Gasteiger partial charge on any atom is -0.497 e. The topological polar surface area (TPSA) is 49.2 Å². The van der Waals surface area contributed by atoms with Gasteiger partial charge in [-0.3, -0.25) is 0 Å². The zero-order chi connectivity index (χ0) is 16.8. The molecule has 5 heteroatoms. The predicted octanol–water partition coefficient (Wildman–Crippen LogP) is 2.38. The van der Waals surface area contributed by atoms with Gasteiger partial charge in [0.2, 0.25) is 6.79 Å². The van der Waals surface area contributed by atoms with E-state index < -0.39 is 0 Å². The Hall–Kier alpha value is -2.92. The highest BCUT2D eigenvalue weighted by molar-refractivity contribution is 5.56. The summed E-state index contributed by atoms with van der Waals surface area (Å²) in [5, 5.41) is 2.36. The van der Waals surface area contributed by atoms with Gasteiger partial charge < -0.3 is 24.1 Å². The van der Waals surface area contributed by atoms with Crippen LogP contribution in [0, 0.1) is 0 Å². The lowest BCUT2D eigenvalue weighted by atomic mass is 10.0. The Balaban J connectivity index is 1.61. The Bertz CT molecular complexity index is 931. The number of benzene rings is 2. The fourth-order valence-electron chi connectivity index (χ4n) is 3.71. The van der Waals surface area contributed by atoms with Crippen LogP contribution in [0.2, 0.25) is 0 Å². The SMILES string of the molecule is COc1ccc([C@@H]2[NH2+]Cc3cc4c(cc3-n3cccc32)OCO4)cc1. The maximum absolute atomic E-state index is 5.57. The molecule has 3 aromatic rings. The van der Waals surface area contributed by atoms with E-state index in [4.69, 9.17) is 14.2 Å². The lowest BCUT2D eigenvalue weighted by molar-refractivity contribution is -0.702. The smallest absolute Gasteiger partial charge is 0.231 e. The van der Waals surface area contributed by atoms with Gasteiger partial charge in [-0.25, -0.2) is 0 Å². The van der Waals surface area contributed by atoms with Crippen LogP contribution in [0.3, 0.4) is 0 Å². The Morgan fingerprint density at radius 2 is 1.88 bits per heavy atom. The first-order valence-corrected chi connectivity index (χ1v) is 8.41. The summed E-state index contributed by atoms with van der Waals surface area (Å²) in [6.07, 6.45) is 2.12. The summed E-state index contributed by atoms with van der Waals surface area (Å²) in [7, 11) is 1.69. The van der Waals surface area contributed by atoms with Crippen LogP contribution in [0.4, 0.5) is 0 Å². The van der Waals surface area contributed by atoms with Gasteiger partial charge in [-0.05, 0) is 42.5 Å². The molecule has 0 fully saturated rings. The molecule has 25 heavy (non-hydrogen) atoms. The summed E-state index contributed by atoms with van der Waals surface area (Å²) in [6, 6.07) is 17.0. The lowest BCUT2D eigenvalue weighted by Crippen LogP contribution is -2.83. The van der Waals surface area contributed by atoms with Gasteiger partial charge in [0, 0.05) is 23.4 Å². The van der Waals surface area contributed by atoms with Crippen molar-refractivity contribution < 1.29 is 19.5 Å². The van der Waals surface area contributed by atoms with E-state index in [0.29, 0.717) is 6.79 Å². The fourth-order valence-corrected chi connectivity index (χ4v) is 3.71. The van der Waals surface area contributed by atoms with Crippen molar-refractivity contribution in [3.8, 4) is 22.9 Å². The van der Waals surface area contributed by atoms with Crippen LogP contribution in [0.1, 0.15) is 22.9 Å². The highest BCUT2D eigenvalue weighted by Crippen LogP contribution is 2.38. The molecule has 2 aliphatic rings. The average Bonchev–Trinajstić information content (AvgIpc) is 3.28. The van der Waals surface area contributed by atoms with E-state index in [0.717, 1.165) is 29.5 Å². The van der Waals surface area contributed by atoms with Crippen LogP contribution >= 0.6 is 0 Å². The van der Waals surface area contributed by atoms with Gasteiger partial charge in [-0.2, -0.15) is 0 Å². The summed E-state index contributed by atoms with van der Waals surface area (Å²) < 4.78 is 18.7. The molecule has 2 N–H and O–H groups in total. The first-order chi connectivity index (χ1) is 12.3. The number of rotatable bonds is 2. The van der Waals surface area contributed by atoms with Crippen molar-refractivity contribution in [3.63, 3.8) is 0 Å². The van der Waals surface area contributed by atoms with Crippen molar-refractivity contribution in [2.45, 2.75) is 12.6 Å². The number of fused-ring (bicyclic) bond motifs is 4. The van der Waals surface area contributed by atoms with Crippen LogP contribution in [0.5, 0.6) is 17.2 Å². The van der Waals surface area contributed by atoms with E-state index in [1.807, 2.05) is 12.1 Å². The van der Waals surface area contributed by atoms with Gasteiger partial charge in [0.1, 0.15) is 12.3 Å². The van der Waals surface area contributed by atoms with Gasteiger partial charge in [-0.1, -0.05) is 0 Å². The summed E-state index contributed by atoms with van der Waals surface area (Å²) in [4.78, 5) is 0. The molecular formula is C20H19N2O3+. The molecule has 5 rings (SSSR count). The van der Waals surface area contributed by atoms with Crippen LogP contribution in [-0.2, 0) is 6.54 Å². The van der Waals surface area contributed by atoms with Gasteiger partial charge in [-0.15, -0.1) is 0 Å². The normalized spacial score (nSPS) is 17.6. The zero-order valence-corrected chi connectivity index (χ0v) is 13.9. The van der Waals surface area contributed by atoms with E-state index in [9.17, 15) is 0 Å². The van der Waals surface area contributed by atoms with Gasteiger partial charge in [0.15, 0.2) is 17.5 Å². The third-order valence-corrected chi connectivity index (χ3v) is 4.98. The van der Waals surface area contributed by atoms with Crippen molar-refractivity contribution >= 4 is 0 Å². The van der Waals surface area contributed by atoms with E-state index >= 15 is 0 Å². The predicted molar refractivity (Wildman–Crippen MR) is 92.4 cm³/mol. The first-order valence-electron chi connectivity index (χ1n) is 8.41. The summed E-state index contributed by atoms with van der Waals surface area (Å²) in [5.41, 5.74) is 4.92. The third-order valence-electron chi connectivity index (χ3n) is 4.98. The molecule has 0 unspecified atom stereocenters. The van der Waals surface area contributed by atoms with Crippen molar-refractivity contribution in [2.24, 2.45) is 0 Å². The standard InChI is InChI=1S/C20H18N2O3/c1-23-15-6-4-13(5-7-15)20-16-3-2-8-22(16)17-10-19-18(24-12-25-19)9-14(17)11-21-20/h2-10,20-21H,11-12H2,1H3/p+1/t20-/m0/s1. The lowest BCUT2D eigenvalue weighted by Gasteiger charge is -2.15. The number of quaternary nitrogens is 1. The number of aromatic nitrogens is 1. The molecule has 1 aromatic heterocycles. The molecule has 5 nitrogen and oxygen atoms in total. The maximum atomic E-state index is 5.57. The molecule has 0 amide bonds. The molecule has 0 spiro atoms. The Morgan fingerprint density at radius 1 is 1.08 bits per heavy atom. The molecule has 0 aliphatic carbocycles. The second-order valence-electron chi connectivity index (χ2n) is 6.33. The third kappa shape index (κ3) is 2.27. The van der Waals surface area contributed by atoms with Gasteiger partial charge in [0.05, 0.1) is 18.5 Å². The van der Waals surface area contributed by atoms with Crippen molar-refractivity contribution in [3.05, 3.63) is 71.5 Å². The Morgan fingerprint density at radius 3 is 2.68 bits per heavy atom. The minimum absolute atomic E-state index is 0.227. The highest BCUT2D eigenvalue weighted by Gasteiger charge is 2.28. The Kier molecular flexibility index (Phi) is 3.21. The molecule has 2 aromatic carbocycles. The number of ether oxygens (including phenoxy) is 3. The average molecular weight is 335 g/mol. The molecule has 126 valence electrons. The van der Waals surface area contributed by atoms with E-state index in [2.05, 4.69) is 52.5 Å². The Labute approximate surface area is 145 Å². The van der Waals surface area contributed by atoms with E-state index in [-0.39, 0.29) is 6.04 Å². The molecule has 3 heterocycles. The summed E-state index contributed by atoms with van der Waals surface area (Å²) >= 11 is 0. The summed E-state index contributed by atoms with van der Waals surface area (Å²) in [5.74, 6) is 2.53. The fraction of sp³-hybridized carbons (Fsp3) is 0.200. The molecule has 0 bridgehead atoms. The van der Waals surface area contributed by atoms with Crippen LogP contribution in [0.15, 0.2) is 54.7 Å². The molecule has 1 atom stereocenters. The van der Waals surface area contributed by atoms with E-state index in [1.165, 1.54) is 16.8 Å². The zero-order valence-electron chi connectivity index (χ0n) is 13.9. The highest BCUT2D eigenvalue weighted by atomic mass is 16.7. The second-order valence-corrected chi connectivity index (χ2v) is 6.33. The van der Waals surface area contributed by atoms with Crippen molar-refractivity contribution in [1.29, 1.82) is 0 Å². The molecule has 0 radical (unpaired) electrons. The second kappa shape index (κ2) is 5.57. The van der Waals surface area contributed by atoms with E-state index in [1.54, 1.807) is 7.11 Å². The number of hydrogen-bond acceptors (Lipinski definition) is 3. The molecule has 0 saturated carbocycles. The van der Waals surface area contributed by atoms with Gasteiger partial charge >= 0.3 is 0 Å².